The lowest BCUT2D eigenvalue weighted by atomic mass is 10.1. The molecule has 0 bridgehead atoms. The number of aromatic nitrogens is 2. The standard InChI is InChI=1S/C9H12BrN3O/c10-8-6-7(11-12-8)9(14)13-4-2-1-3-5-13/h6H,1-5H2,(H,11,12). The van der Waals surface area contributed by atoms with Gasteiger partial charge in [-0.15, -0.1) is 0 Å². The number of halogens is 1. The van der Waals surface area contributed by atoms with E-state index >= 15 is 0 Å². The van der Waals surface area contributed by atoms with E-state index in [1.165, 1.54) is 6.42 Å². The number of piperidine rings is 1. The second-order valence-electron chi connectivity index (χ2n) is 3.45. The summed E-state index contributed by atoms with van der Waals surface area (Å²) in [5.41, 5.74) is 0.499. The third-order valence-electron chi connectivity index (χ3n) is 2.41. The fourth-order valence-corrected chi connectivity index (χ4v) is 1.97. The molecule has 1 N–H and O–H groups in total. The number of rotatable bonds is 1. The van der Waals surface area contributed by atoms with Crippen LogP contribution in [0.2, 0.25) is 0 Å². The summed E-state index contributed by atoms with van der Waals surface area (Å²) in [6, 6.07) is 1.72. The van der Waals surface area contributed by atoms with E-state index in [-0.39, 0.29) is 5.91 Å². The zero-order valence-corrected chi connectivity index (χ0v) is 9.38. The van der Waals surface area contributed by atoms with Gasteiger partial charge in [-0.1, -0.05) is 0 Å². The maximum Gasteiger partial charge on any atom is 0.274 e. The fourth-order valence-electron chi connectivity index (χ4n) is 1.67. The number of hydrogen-bond acceptors (Lipinski definition) is 2. The van der Waals surface area contributed by atoms with Crippen molar-refractivity contribution < 1.29 is 4.79 Å². The van der Waals surface area contributed by atoms with Crippen LogP contribution in [0.4, 0.5) is 0 Å². The topological polar surface area (TPSA) is 49.0 Å². The molecule has 0 radical (unpaired) electrons. The van der Waals surface area contributed by atoms with Crippen molar-refractivity contribution in [2.24, 2.45) is 0 Å². The summed E-state index contributed by atoms with van der Waals surface area (Å²) in [6.07, 6.45) is 3.45. The first-order valence-electron chi connectivity index (χ1n) is 4.77. The molecule has 1 aliphatic rings. The van der Waals surface area contributed by atoms with Crippen LogP contribution < -0.4 is 0 Å². The Morgan fingerprint density at radius 1 is 1.43 bits per heavy atom. The van der Waals surface area contributed by atoms with Crippen LogP contribution in [-0.2, 0) is 0 Å². The van der Waals surface area contributed by atoms with Crippen LogP contribution in [0.25, 0.3) is 0 Å². The van der Waals surface area contributed by atoms with Gasteiger partial charge in [0.05, 0.1) is 0 Å². The van der Waals surface area contributed by atoms with Crippen LogP contribution in [0, 0.1) is 0 Å². The van der Waals surface area contributed by atoms with E-state index in [1.54, 1.807) is 6.07 Å². The van der Waals surface area contributed by atoms with Crippen LogP contribution in [0.5, 0.6) is 0 Å². The Labute approximate surface area is 90.8 Å². The monoisotopic (exact) mass is 257 g/mol. The van der Waals surface area contributed by atoms with Crippen LogP contribution in [0.3, 0.4) is 0 Å². The molecule has 1 amide bonds. The molecule has 14 heavy (non-hydrogen) atoms. The van der Waals surface area contributed by atoms with E-state index in [4.69, 9.17) is 0 Å². The van der Waals surface area contributed by atoms with Gasteiger partial charge in [0.1, 0.15) is 4.60 Å². The summed E-state index contributed by atoms with van der Waals surface area (Å²) in [7, 11) is 0. The minimum atomic E-state index is 0.0339. The maximum atomic E-state index is 11.8. The molecule has 1 saturated heterocycles. The fraction of sp³-hybridized carbons (Fsp3) is 0.556. The zero-order valence-electron chi connectivity index (χ0n) is 7.79. The lowest BCUT2D eigenvalue weighted by molar-refractivity contribution is 0.0718. The van der Waals surface area contributed by atoms with Crippen LogP contribution in [0.15, 0.2) is 10.7 Å². The van der Waals surface area contributed by atoms with Crippen molar-refractivity contribution in [2.45, 2.75) is 19.3 Å². The Morgan fingerprint density at radius 3 is 2.71 bits per heavy atom. The molecule has 1 aromatic rings. The number of hydrogen-bond donors (Lipinski definition) is 1. The van der Waals surface area contributed by atoms with Crippen molar-refractivity contribution in [3.05, 3.63) is 16.4 Å². The highest BCUT2D eigenvalue weighted by Gasteiger charge is 2.19. The van der Waals surface area contributed by atoms with Crippen molar-refractivity contribution in [1.82, 2.24) is 15.1 Å². The van der Waals surface area contributed by atoms with E-state index in [1.807, 2.05) is 4.90 Å². The average Bonchev–Trinajstić information content (AvgIpc) is 2.65. The average molecular weight is 258 g/mol. The van der Waals surface area contributed by atoms with Gasteiger partial charge < -0.3 is 4.90 Å². The van der Waals surface area contributed by atoms with Crippen molar-refractivity contribution in [3.8, 4) is 0 Å². The second-order valence-corrected chi connectivity index (χ2v) is 4.31. The number of aromatic amines is 1. The summed E-state index contributed by atoms with van der Waals surface area (Å²) in [5.74, 6) is 0.0339. The summed E-state index contributed by atoms with van der Waals surface area (Å²) < 4.78 is 0.748. The smallest absolute Gasteiger partial charge is 0.274 e. The SMILES string of the molecule is O=C(c1cc(Br)[nH]n1)N1CCCCC1. The van der Waals surface area contributed by atoms with Gasteiger partial charge in [0, 0.05) is 19.2 Å². The number of nitrogens with one attached hydrogen (secondary N) is 1. The molecule has 1 fully saturated rings. The first kappa shape index (κ1) is 9.71. The lowest BCUT2D eigenvalue weighted by Gasteiger charge is -2.25. The highest BCUT2D eigenvalue weighted by Crippen LogP contribution is 2.13. The third kappa shape index (κ3) is 1.97. The van der Waals surface area contributed by atoms with Gasteiger partial charge in [-0.2, -0.15) is 5.10 Å². The van der Waals surface area contributed by atoms with Crippen LogP contribution in [0.1, 0.15) is 29.8 Å². The molecular weight excluding hydrogens is 246 g/mol. The van der Waals surface area contributed by atoms with Crippen molar-refractivity contribution in [1.29, 1.82) is 0 Å². The predicted molar refractivity (Wildman–Crippen MR) is 56.0 cm³/mol. The van der Waals surface area contributed by atoms with Gasteiger partial charge in [-0.05, 0) is 35.2 Å². The van der Waals surface area contributed by atoms with E-state index in [0.29, 0.717) is 5.69 Å². The van der Waals surface area contributed by atoms with Gasteiger partial charge in [0.2, 0.25) is 0 Å². The van der Waals surface area contributed by atoms with Crippen molar-refractivity contribution in [3.63, 3.8) is 0 Å². The van der Waals surface area contributed by atoms with Gasteiger partial charge in [0.25, 0.3) is 5.91 Å². The summed E-state index contributed by atoms with van der Waals surface area (Å²) in [5, 5.41) is 6.64. The van der Waals surface area contributed by atoms with Crippen molar-refractivity contribution in [2.75, 3.05) is 13.1 Å². The van der Waals surface area contributed by atoms with E-state index in [2.05, 4.69) is 26.1 Å². The highest BCUT2D eigenvalue weighted by molar-refractivity contribution is 9.10. The maximum absolute atomic E-state index is 11.8. The van der Waals surface area contributed by atoms with E-state index in [0.717, 1.165) is 30.5 Å². The zero-order chi connectivity index (χ0) is 9.97. The molecule has 0 aromatic carbocycles. The van der Waals surface area contributed by atoms with Gasteiger partial charge >= 0.3 is 0 Å². The molecule has 0 atom stereocenters. The molecular formula is C9H12BrN3O. The van der Waals surface area contributed by atoms with Gasteiger partial charge in [0.15, 0.2) is 5.69 Å². The molecule has 1 aromatic heterocycles. The molecule has 2 rings (SSSR count). The third-order valence-corrected chi connectivity index (χ3v) is 2.82. The normalized spacial score (nSPS) is 17.1. The number of carbonyl (C=O) groups is 1. The van der Waals surface area contributed by atoms with E-state index < -0.39 is 0 Å². The number of carbonyl (C=O) groups excluding carboxylic acids is 1. The Kier molecular flexibility index (Phi) is 2.86. The second kappa shape index (κ2) is 4.13. The Balaban J connectivity index is 2.07. The molecule has 4 nitrogen and oxygen atoms in total. The van der Waals surface area contributed by atoms with Gasteiger partial charge in [-0.3, -0.25) is 9.89 Å². The Bertz CT molecular complexity index is 331. The largest absolute Gasteiger partial charge is 0.337 e. The molecule has 0 spiro atoms. The highest BCUT2D eigenvalue weighted by atomic mass is 79.9. The lowest BCUT2D eigenvalue weighted by Crippen LogP contribution is -2.35. The number of amides is 1. The van der Waals surface area contributed by atoms with Gasteiger partial charge in [-0.25, -0.2) is 0 Å². The molecule has 0 saturated carbocycles. The molecule has 0 unspecified atom stereocenters. The molecule has 76 valence electrons. The molecule has 2 heterocycles. The van der Waals surface area contributed by atoms with E-state index in [9.17, 15) is 4.79 Å². The minimum Gasteiger partial charge on any atom is -0.337 e. The quantitative estimate of drug-likeness (QED) is 0.834. The first-order chi connectivity index (χ1) is 6.77. The summed E-state index contributed by atoms with van der Waals surface area (Å²) in [6.45, 7) is 1.73. The first-order valence-corrected chi connectivity index (χ1v) is 5.57. The Morgan fingerprint density at radius 2 is 2.14 bits per heavy atom. The molecule has 1 aliphatic heterocycles. The minimum absolute atomic E-state index is 0.0339. The predicted octanol–water partition coefficient (Wildman–Crippen LogP) is 1.80. The summed E-state index contributed by atoms with van der Waals surface area (Å²) >= 11 is 3.24. The van der Waals surface area contributed by atoms with Crippen LogP contribution >= 0.6 is 15.9 Å². The molecule has 5 heteroatoms. The Hall–Kier alpha value is -0.840. The number of likely N-dealkylation sites (tertiary alicyclic amines) is 1. The molecule has 0 aliphatic carbocycles. The summed E-state index contributed by atoms with van der Waals surface area (Å²) in [4.78, 5) is 13.7. The number of H-pyrrole nitrogens is 1. The van der Waals surface area contributed by atoms with Crippen molar-refractivity contribution >= 4 is 21.8 Å². The number of nitrogens with zero attached hydrogens (tertiary/aromatic N) is 2. The van der Waals surface area contributed by atoms with Crippen LogP contribution in [-0.4, -0.2) is 34.1 Å².